The van der Waals surface area contributed by atoms with Gasteiger partial charge in [-0.1, -0.05) is 26.8 Å². The second kappa shape index (κ2) is 5.62. The highest BCUT2D eigenvalue weighted by molar-refractivity contribution is 5.86. The molecule has 1 atom stereocenters. The summed E-state index contributed by atoms with van der Waals surface area (Å²) < 4.78 is 5.69. The summed E-state index contributed by atoms with van der Waals surface area (Å²) in [5, 5.41) is 0. The summed E-state index contributed by atoms with van der Waals surface area (Å²) in [6, 6.07) is 0. The fourth-order valence-electron chi connectivity index (χ4n) is 1.41. The van der Waals surface area contributed by atoms with E-state index in [-0.39, 0.29) is 22.7 Å². The fraction of sp³-hybridized carbons (Fsp3) is 0.786. The Morgan fingerprint density at radius 3 is 2.06 bits per heavy atom. The van der Waals surface area contributed by atoms with Crippen molar-refractivity contribution in [1.82, 2.24) is 0 Å². The molecule has 0 aromatic rings. The number of carbonyl (C=O) groups is 1. The number of ether oxygens (including phenoxy) is 1. The number of allylic oxidation sites excluding steroid dienone is 1. The molecule has 0 amide bonds. The monoisotopic (exact) mass is 226 g/mol. The molecule has 0 aromatic heterocycles. The third-order valence-corrected chi connectivity index (χ3v) is 2.28. The Kier molecular flexibility index (Phi) is 5.40. The second-order valence-corrected chi connectivity index (χ2v) is 6.26. The van der Waals surface area contributed by atoms with Gasteiger partial charge in [0.05, 0.1) is 12.2 Å². The summed E-state index contributed by atoms with van der Waals surface area (Å²) in [4.78, 5) is 12.1. The molecule has 0 aliphatic rings. The van der Waals surface area contributed by atoms with Crippen LogP contribution in [0.5, 0.6) is 0 Å². The number of rotatable bonds is 5. The lowest BCUT2D eigenvalue weighted by Gasteiger charge is -2.27. The van der Waals surface area contributed by atoms with Gasteiger partial charge in [-0.05, 0) is 27.2 Å². The van der Waals surface area contributed by atoms with Gasteiger partial charge < -0.3 is 4.74 Å². The lowest BCUT2D eigenvalue weighted by Crippen LogP contribution is -2.33. The van der Waals surface area contributed by atoms with E-state index in [1.165, 1.54) is 0 Å². The SMILES string of the molecule is C=CCC(COC(C)(C)C)C(=O)C(C)(C)C. The average Bonchev–Trinajstić information content (AvgIpc) is 2.08. The molecule has 0 aromatic carbocycles. The molecule has 0 radical (unpaired) electrons. The minimum absolute atomic E-state index is 0.0725. The Labute approximate surface area is 100 Å². The van der Waals surface area contributed by atoms with Gasteiger partial charge >= 0.3 is 0 Å². The molecule has 0 rings (SSSR count). The molecule has 0 saturated carbocycles. The molecule has 0 aliphatic carbocycles. The van der Waals surface area contributed by atoms with Crippen LogP contribution in [0.3, 0.4) is 0 Å². The van der Waals surface area contributed by atoms with Crippen LogP contribution in [0.2, 0.25) is 0 Å². The first kappa shape index (κ1) is 15.4. The Balaban J connectivity index is 4.51. The smallest absolute Gasteiger partial charge is 0.143 e. The summed E-state index contributed by atoms with van der Waals surface area (Å²) >= 11 is 0. The zero-order valence-electron chi connectivity index (χ0n) is 11.6. The van der Waals surface area contributed by atoms with E-state index in [2.05, 4.69) is 6.58 Å². The summed E-state index contributed by atoms with van der Waals surface area (Å²) in [5.41, 5.74) is -0.507. The standard InChI is InChI=1S/C14H26O2/c1-8-9-11(10-16-14(5,6)7)12(15)13(2,3)4/h8,11H,1,9-10H2,2-7H3. The van der Waals surface area contributed by atoms with Crippen LogP contribution in [0.1, 0.15) is 48.0 Å². The summed E-state index contributed by atoms with van der Waals surface area (Å²) in [6.07, 6.45) is 2.48. The third-order valence-electron chi connectivity index (χ3n) is 2.28. The number of ketones is 1. The van der Waals surface area contributed by atoms with E-state index in [1.807, 2.05) is 41.5 Å². The van der Waals surface area contributed by atoms with Gasteiger partial charge in [0.15, 0.2) is 0 Å². The lowest BCUT2D eigenvalue weighted by atomic mass is 9.82. The fourth-order valence-corrected chi connectivity index (χ4v) is 1.41. The molecule has 0 heterocycles. The van der Waals surface area contributed by atoms with Crippen LogP contribution in [-0.2, 0) is 9.53 Å². The first-order valence-electron chi connectivity index (χ1n) is 5.87. The van der Waals surface area contributed by atoms with E-state index in [1.54, 1.807) is 6.08 Å². The number of carbonyl (C=O) groups excluding carboxylic acids is 1. The minimum Gasteiger partial charge on any atom is -0.375 e. The maximum atomic E-state index is 12.1. The summed E-state index contributed by atoms with van der Waals surface area (Å²) in [7, 11) is 0. The molecular formula is C14H26O2. The van der Waals surface area contributed by atoms with Crippen LogP contribution in [0.25, 0.3) is 0 Å². The number of hydrogen-bond donors (Lipinski definition) is 0. The average molecular weight is 226 g/mol. The molecule has 0 N–H and O–H groups in total. The van der Waals surface area contributed by atoms with Crippen molar-refractivity contribution in [3.05, 3.63) is 12.7 Å². The van der Waals surface area contributed by atoms with Gasteiger partial charge in [0.1, 0.15) is 5.78 Å². The molecule has 0 aliphatic heterocycles. The van der Waals surface area contributed by atoms with Gasteiger partial charge in [0.25, 0.3) is 0 Å². The first-order chi connectivity index (χ1) is 7.08. The van der Waals surface area contributed by atoms with Gasteiger partial charge in [-0.3, -0.25) is 4.79 Å². The van der Waals surface area contributed by atoms with Crippen molar-refractivity contribution in [2.24, 2.45) is 11.3 Å². The Hall–Kier alpha value is -0.630. The van der Waals surface area contributed by atoms with Crippen molar-refractivity contribution < 1.29 is 9.53 Å². The largest absolute Gasteiger partial charge is 0.375 e. The Bertz CT molecular complexity index is 240. The van der Waals surface area contributed by atoms with E-state index < -0.39 is 0 Å². The molecule has 94 valence electrons. The van der Waals surface area contributed by atoms with E-state index in [4.69, 9.17) is 4.74 Å². The second-order valence-electron chi connectivity index (χ2n) is 6.26. The van der Waals surface area contributed by atoms with Crippen LogP contribution in [0.4, 0.5) is 0 Å². The van der Waals surface area contributed by atoms with Crippen molar-refractivity contribution in [2.45, 2.75) is 53.6 Å². The zero-order chi connectivity index (χ0) is 13.0. The zero-order valence-corrected chi connectivity index (χ0v) is 11.6. The van der Waals surface area contributed by atoms with Crippen molar-refractivity contribution in [2.75, 3.05) is 6.61 Å². The minimum atomic E-state index is -0.311. The maximum Gasteiger partial charge on any atom is 0.143 e. The van der Waals surface area contributed by atoms with E-state index in [0.717, 1.165) is 0 Å². The van der Waals surface area contributed by atoms with Crippen LogP contribution >= 0.6 is 0 Å². The predicted octanol–water partition coefficient (Wildman–Crippen LogP) is 3.61. The van der Waals surface area contributed by atoms with Gasteiger partial charge in [-0.2, -0.15) is 0 Å². The van der Waals surface area contributed by atoms with E-state index in [9.17, 15) is 4.79 Å². The molecule has 0 spiro atoms. The quantitative estimate of drug-likeness (QED) is 0.669. The van der Waals surface area contributed by atoms with Crippen molar-refractivity contribution in [3.63, 3.8) is 0 Å². The van der Waals surface area contributed by atoms with Gasteiger partial charge in [0.2, 0.25) is 0 Å². The molecule has 0 saturated heterocycles. The molecule has 0 fully saturated rings. The topological polar surface area (TPSA) is 26.3 Å². The Morgan fingerprint density at radius 1 is 1.25 bits per heavy atom. The number of Topliss-reactive ketones (excluding diaryl/α,β-unsaturated/α-hetero) is 1. The molecule has 1 unspecified atom stereocenters. The number of hydrogen-bond acceptors (Lipinski definition) is 2. The molecule has 2 heteroatoms. The molecule has 16 heavy (non-hydrogen) atoms. The molecule has 2 nitrogen and oxygen atoms in total. The summed E-state index contributed by atoms with van der Waals surface area (Å²) in [5.74, 6) is 0.174. The van der Waals surface area contributed by atoms with Crippen molar-refractivity contribution in [3.8, 4) is 0 Å². The first-order valence-corrected chi connectivity index (χ1v) is 5.87. The third kappa shape index (κ3) is 6.06. The van der Waals surface area contributed by atoms with Crippen molar-refractivity contribution >= 4 is 5.78 Å². The highest BCUT2D eigenvalue weighted by atomic mass is 16.5. The van der Waals surface area contributed by atoms with E-state index >= 15 is 0 Å². The van der Waals surface area contributed by atoms with Crippen LogP contribution < -0.4 is 0 Å². The van der Waals surface area contributed by atoms with Crippen LogP contribution in [0.15, 0.2) is 12.7 Å². The summed E-state index contributed by atoms with van der Waals surface area (Å²) in [6.45, 7) is 16.0. The maximum absolute atomic E-state index is 12.1. The van der Waals surface area contributed by atoms with Crippen LogP contribution in [0, 0.1) is 11.3 Å². The molecule has 0 bridgehead atoms. The van der Waals surface area contributed by atoms with Gasteiger partial charge in [0, 0.05) is 11.3 Å². The van der Waals surface area contributed by atoms with Gasteiger partial charge in [-0.25, -0.2) is 0 Å². The predicted molar refractivity (Wildman–Crippen MR) is 68.5 cm³/mol. The Morgan fingerprint density at radius 2 is 1.75 bits per heavy atom. The lowest BCUT2D eigenvalue weighted by molar-refractivity contribution is -0.134. The molecular weight excluding hydrogens is 200 g/mol. The van der Waals surface area contributed by atoms with E-state index in [0.29, 0.717) is 13.0 Å². The highest BCUT2D eigenvalue weighted by Gasteiger charge is 2.29. The van der Waals surface area contributed by atoms with Gasteiger partial charge in [-0.15, -0.1) is 6.58 Å². The van der Waals surface area contributed by atoms with Crippen molar-refractivity contribution in [1.29, 1.82) is 0 Å². The van der Waals surface area contributed by atoms with Crippen LogP contribution in [-0.4, -0.2) is 18.0 Å². The normalized spacial score (nSPS) is 14.6. The highest BCUT2D eigenvalue weighted by Crippen LogP contribution is 2.24.